The molecule has 2 aromatic heterocycles. The van der Waals surface area contributed by atoms with E-state index in [0.29, 0.717) is 28.2 Å². The minimum atomic E-state index is -0.528. The largest absolute Gasteiger partial charge is 0.496 e. The smallest absolute Gasteiger partial charge is 0.339 e. The highest BCUT2D eigenvalue weighted by atomic mass is 79.9. The molecule has 0 aliphatic carbocycles. The first-order chi connectivity index (χ1) is 15.5. The number of ether oxygens (including phenoxy) is 2. The van der Waals surface area contributed by atoms with Crippen LogP contribution in [-0.2, 0) is 16.1 Å². The molecule has 0 aliphatic heterocycles. The van der Waals surface area contributed by atoms with Gasteiger partial charge in [-0.15, -0.1) is 0 Å². The van der Waals surface area contributed by atoms with Gasteiger partial charge in [0, 0.05) is 22.3 Å². The van der Waals surface area contributed by atoms with Gasteiger partial charge < -0.3 is 9.47 Å². The summed E-state index contributed by atoms with van der Waals surface area (Å²) in [5.74, 6) is 0.115. The average molecular weight is 491 g/mol. The van der Waals surface area contributed by atoms with Crippen LogP contribution in [0.25, 0.3) is 17.3 Å². The van der Waals surface area contributed by atoms with Gasteiger partial charge in [0.15, 0.2) is 0 Å². The van der Waals surface area contributed by atoms with E-state index in [2.05, 4.69) is 20.9 Å². The molecule has 0 amide bonds. The Bertz CT molecular complexity index is 1360. The monoisotopic (exact) mass is 490 g/mol. The van der Waals surface area contributed by atoms with Gasteiger partial charge in [-0.1, -0.05) is 48.5 Å². The lowest BCUT2D eigenvalue weighted by Crippen LogP contribution is -2.17. The van der Waals surface area contributed by atoms with Gasteiger partial charge >= 0.3 is 5.97 Å². The minimum absolute atomic E-state index is 0.128. The maximum Gasteiger partial charge on any atom is 0.339 e. The predicted octanol–water partition coefficient (Wildman–Crippen LogP) is 4.75. The van der Waals surface area contributed by atoms with E-state index in [-0.39, 0.29) is 12.2 Å². The molecule has 32 heavy (non-hydrogen) atoms. The minimum Gasteiger partial charge on any atom is -0.496 e. The van der Waals surface area contributed by atoms with Gasteiger partial charge in [0.25, 0.3) is 5.56 Å². The Morgan fingerprint density at radius 2 is 1.81 bits per heavy atom. The molecular weight excluding hydrogens is 472 g/mol. The zero-order chi connectivity index (χ0) is 22.5. The lowest BCUT2D eigenvalue weighted by Gasteiger charge is -2.11. The van der Waals surface area contributed by atoms with Crippen LogP contribution in [0.3, 0.4) is 0 Å². The molecule has 0 fully saturated rings. The molecule has 0 aliphatic rings. The summed E-state index contributed by atoms with van der Waals surface area (Å²) in [5.41, 5.74) is 2.42. The molecule has 6 nitrogen and oxygen atoms in total. The first-order valence-corrected chi connectivity index (χ1v) is 10.6. The molecule has 2 aromatic carbocycles. The molecule has 0 N–H and O–H groups in total. The summed E-state index contributed by atoms with van der Waals surface area (Å²) >= 11 is 3.34. The van der Waals surface area contributed by atoms with Crippen LogP contribution in [0.5, 0.6) is 5.75 Å². The van der Waals surface area contributed by atoms with Crippen molar-refractivity contribution in [2.45, 2.75) is 6.61 Å². The normalized spacial score (nSPS) is 11.4. The SMILES string of the molecule is COc1ccccc1/C=C(/C(=O)OCc1cc(=O)n2cc(Br)ccc2n1)c1ccccc1. The van der Waals surface area contributed by atoms with Crippen molar-refractivity contribution < 1.29 is 14.3 Å². The number of hydrogen-bond donors (Lipinski definition) is 0. The van der Waals surface area contributed by atoms with Crippen LogP contribution in [0, 0.1) is 0 Å². The number of aromatic nitrogens is 2. The second kappa shape index (κ2) is 9.62. The fraction of sp³-hybridized carbons (Fsp3) is 0.0800. The van der Waals surface area contributed by atoms with Gasteiger partial charge in [0.2, 0.25) is 0 Å². The zero-order valence-corrected chi connectivity index (χ0v) is 18.8. The van der Waals surface area contributed by atoms with Gasteiger partial charge in [0.05, 0.1) is 18.4 Å². The van der Waals surface area contributed by atoms with Gasteiger partial charge in [-0.25, -0.2) is 9.78 Å². The number of nitrogens with zero attached hydrogens (tertiary/aromatic N) is 2. The number of methoxy groups -OCH3 is 1. The zero-order valence-electron chi connectivity index (χ0n) is 17.2. The van der Waals surface area contributed by atoms with Crippen molar-refractivity contribution in [3.63, 3.8) is 0 Å². The maximum absolute atomic E-state index is 13.1. The van der Waals surface area contributed by atoms with Gasteiger partial charge in [-0.3, -0.25) is 9.20 Å². The third-order valence-corrected chi connectivity index (χ3v) is 5.24. The summed E-state index contributed by atoms with van der Waals surface area (Å²) in [6.07, 6.45) is 3.38. The summed E-state index contributed by atoms with van der Waals surface area (Å²) in [6, 6.07) is 21.5. The molecule has 0 bridgehead atoms. The molecule has 160 valence electrons. The second-order valence-corrected chi connectivity index (χ2v) is 7.82. The van der Waals surface area contributed by atoms with Crippen molar-refractivity contribution in [2.75, 3.05) is 7.11 Å². The molecule has 4 rings (SSSR count). The first kappa shape index (κ1) is 21.5. The van der Waals surface area contributed by atoms with Crippen molar-refractivity contribution >= 4 is 39.2 Å². The van der Waals surface area contributed by atoms with Crippen LogP contribution >= 0.6 is 15.9 Å². The number of esters is 1. The van der Waals surface area contributed by atoms with Gasteiger partial charge in [-0.2, -0.15) is 0 Å². The molecule has 0 radical (unpaired) electrons. The molecule has 0 spiro atoms. The van der Waals surface area contributed by atoms with E-state index in [1.54, 1.807) is 31.5 Å². The third kappa shape index (κ3) is 4.78. The number of benzene rings is 2. The quantitative estimate of drug-likeness (QED) is 0.221. The lowest BCUT2D eigenvalue weighted by molar-refractivity contribution is -0.137. The van der Waals surface area contributed by atoms with Crippen molar-refractivity contribution in [3.8, 4) is 5.75 Å². The number of pyridine rings is 1. The van der Waals surface area contributed by atoms with Crippen LogP contribution in [0.1, 0.15) is 16.8 Å². The number of halogens is 1. The van der Waals surface area contributed by atoms with E-state index in [1.807, 2.05) is 54.6 Å². The Kier molecular flexibility index (Phi) is 6.47. The number of carbonyl (C=O) groups excluding carboxylic acids is 1. The number of para-hydroxylation sites is 1. The van der Waals surface area contributed by atoms with E-state index in [9.17, 15) is 9.59 Å². The molecule has 0 unspecified atom stereocenters. The Labute approximate surface area is 192 Å². The van der Waals surface area contributed by atoms with Crippen molar-refractivity contribution in [1.29, 1.82) is 0 Å². The third-order valence-electron chi connectivity index (χ3n) is 4.77. The fourth-order valence-electron chi connectivity index (χ4n) is 3.24. The standard InChI is InChI=1S/C25H19BrN2O4/c1-31-22-10-6-5-9-18(22)13-21(17-7-3-2-4-8-17)25(30)32-16-20-14-24(29)28-15-19(26)11-12-23(28)27-20/h2-15H,16H2,1H3/b21-13+. The van der Waals surface area contributed by atoms with Crippen LogP contribution in [-0.4, -0.2) is 22.5 Å². The highest BCUT2D eigenvalue weighted by Gasteiger charge is 2.16. The lowest BCUT2D eigenvalue weighted by atomic mass is 10.0. The summed E-state index contributed by atoms with van der Waals surface area (Å²) in [7, 11) is 1.58. The van der Waals surface area contributed by atoms with Crippen molar-refractivity contribution in [3.05, 3.63) is 111 Å². The Morgan fingerprint density at radius 1 is 1.06 bits per heavy atom. The molecule has 7 heteroatoms. The summed E-state index contributed by atoms with van der Waals surface area (Å²) in [6.45, 7) is -0.128. The van der Waals surface area contributed by atoms with Gasteiger partial charge in [0.1, 0.15) is 18.0 Å². The average Bonchev–Trinajstić information content (AvgIpc) is 2.82. The molecule has 0 saturated heterocycles. The highest BCUT2D eigenvalue weighted by Crippen LogP contribution is 2.25. The molecular formula is C25H19BrN2O4. The summed E-state index contributed by atoms with van der Waals surface area (Å²) in [4.78, 5) is 29.9. The van der Waals surface area contributed by atoms with E-state index in [1.165, 1.54) is 10.5 Å². The van der Waals surface area contributed by atoms with E-state index in [4.69, 9.17) is 9.47 Å². The molecule has 0 atom stereocenters. The van der Waals surface area contributed by atoms with Crippen LogP contribution in [0.2, 0.25) is 0 Å². The van der Waals surface area contributed by atoms with Crippen LogP contribution in [0.15, 0.2) is 88.3 Å². The highest BCUT2D eigenvalue weighted by molar-refractivity contribution is 9.10. The Balaban J connectivity index is 1.64. The number of hydrogen-bond acceptors (Lipinski definition) is 5. The molecule has 0 saturated carbocycles. The van der Waals surface area contributed by atoms with Crippen molar-refractivity contribution in [2.24, 2.45) is 0 Å². The van der Waals surface area contributed by atoms with Gasteiger partial charge in [-0.05, 0) is 45.8 Å². The Morgan fingerprint density at radius 3 is 2.59 bits per heavy atom. The fourth-order valence-corrected chi connectivity index (χ4v) is 3.57. The second-order valence-electron chi connectivity index (χ2n) is 6.90. The predicted molar refractivity (Wildman–Crippen MR) is 126 cm³/mol. The molecule has 2 heterocycles. The van der Waals surface area contributed by atoms with E-state index in [0.717, 1.165) is 10.0 Å². The summed E-state index contributed by atoms with van der Waals surface area (Å²) < 4.78 is 13.1. The Hall–Kier alpha value is -3.71. The van der Waals surface area contributed by atoms with E-state index < -0.39 is 5.97 Å². The number of fused-ring (bicyclic) bond motifs is 1. The van der Waals surface area contributed by atoms with Crippen LogP contribution < -0.4 is 10.3 Å². The molecule has 4 aromatic rings. The van der Waals surface area contributed by atoms with E-state index >= 15 is 0 Å². The van der Waals surface area contributed by atoms with Crippen molar-refractivity contribution in [1.82, 2.24) is 9.38 Å². The number of carbonyl (C=O) groups is 1. The summed E-state index contributed by atoms with van der Waals surface area (Å²) in [5, 5.41) is 0. The first-order valence-electron chi connectivity index (χ1n) is 9.80. The topological polar surface area (TPSA) is 69.9 Å². The van der Waals surface area contributed by atoms with Crippen LogP contribution in [0.4, 0.5) is 0 Å². The maximum atomic E-state index is 13.1. The number of rotatable bonds is 6.